The first kappa shape index (κ1) is 14.7. The second-order valence-corrected chi connectivity index (χ2v) is 4.56. The third kappa shape index (κ3) is 3.07. The molecule has 1 heterocycles. The van der Waals surface area contributed by atoms with E-state index in [4.69, 9.17) is 0 Å². The highest BCUT2D eigenvalue weighted by Crippen LogP contribution is 2.13. The summed E-state index contributed by atoms with van der Waals surface area (Å²) in [5, 5.41) is 4.99. The highest BCUT2D eigenvalue weighted by atomic mass is 16.2. The van der Waals surface area contributed by atoms with Gasteiger partial charge in [-0.1, -0.05) is 25.1 Å². The number of aromatic nitrogens is 2. The number of fused-ring (bicyclic) bond motifs is 1. The fourth-order valence-corrected chi connectivity index (χ4v) is 1.97. The summed E-state index contributed by atoms with van der Waals surface area (Å²) in [5.74, 6) is -0.958. The number of benzene rings is 1. The number of rotatable bonds is 3. The summed E-state index contributed by atoms with van der Waals surface area (Å²) < 4.78 is 1.27. The minimum atomic E-state index is -0.564. The van der Waals surface area contributed by atoms with Gasteiger partial charge >= 0.3 is 0 Å². The van der Waals surface area contributed by atoms with Crippen LogP contribution in [0.25, 0.3) is 10.8 Å². The summed E-state index contributed by atoms with van der Waals surface area (Å²) in [6.45, 7) is 3.62. The van der Waals surface area contributed by atoms with Crippen LogP contribution in [0, 0.1) is 0 Å². The summed E-state index contributed by atoms with van der Waals surface area (Å²) in [7, 11) is 0. The van der Waals surface area contributed by atoms with Crippen LogP contribution < -0.4 is 16.4 Å². The van der Waals surface area contributed by atoms with E-state index in [0.29, 0.717) is 17.3 Å². The topological polar surface area (TPSA) is 93.1 Å². The van der Waals surface area contributed by atoms with E-state index in [0.717, 1.165) is 6.42 Å². The van der Waals surface area contributed by atoms with Crippen molar-refractivity contribution in [1.82, 2.24) is 20.6 Å². The number of nitrogens with zero attached hydrogens (tertiary/aromatic N) is 2. The summed E-state index contributed by atoms with van der Waals surface area (Å²) in [6, 6.07) is 6.77. The Morgan fingerprint density at radius 1 is 1.19 bits per heavy atom. The van der Waals surface area contributed by atoms with Crippen molar-refractivity contribution in [2.75, 3.05) is 0 Å². The Morgan fingerprint density at radius 3 is 2.48 bits per heavy atom. The van der Waals surface area contributed by atoms with Crippen LogP contribution in [0.2, 0.25) is 0 Å². The zero-order valence-electron chi connectivity index (χ0n) is 11.8. The fourth-order valence-electron chi connectivity index (χ4n) is 1.97. The maximum Gasteiger partial charge on any atom is 0.290 e. The molecule has 1 aromatic heterocycles. The van der Waals surface area contributed by atoms with Crippen LogP contribution in [0.1, 0.15) is 30.8 Å². The van der Waals surface area contributed by atoms with E-state index in [9.17, 15) is 14.4 Å². The van der Waals surface area contributed by atoms with Gasteiger partial charge in [0.15, 0.2) is 5.69 Å². The summed E-state index contributed by atoms with van der Waals surface area (Å²) in [5.41, 5.74) is 4.34. The number of hydrogen-bond donors (Lipinski definition) is 2. The van der Waals surface area contributed by atoms with Gasteiger partial charge < -0.3 is 0 Å². The molecular formula is C14H16N4O3. The quantitative estimate of drug-likeness (QED) is 0.808. The van der Waals surface area contributed by atoms with Crippen LogP contribution in [0.15, 0.2) is 29.1 Å². The number of nitrogens with one attached hydrogen (secondary N) is 2. The molecule has 0 aliphatic rings. The lowest BCUT2D eigenvalue weighted by Crippen LogP contribution is -2.41. The normalized spacial score (nSPS) is 10.4. The third-order valence-electron chi connectivity index (χ3n) is 2.87. The predicted octanol–water partition coefficient (Wildman–Crippen LogP) is 0.587. The van der Waals surface area contributed by atoms with E-state index in [-0.39, 0.29) is 11.3 Å². The second kappa shape index (κ2) is 6.17. The van der Waals surface area contributed by atoms with Crippen molar-refractivity contribution < 1.29 is 9.59 Å². The molecule has 1 aromatic carbocycles. The molecule has 0 saturated heterocycles. The predicted molar refractivity (Wildman–Crippen MR) is 77.6 cm³/mol. The van der Waals surface area contributed by atoms with Gasteiger partial charge in [0.25, 0.3) is 11.5 Å². The van der Waals surface area contributed by atoms with Crippen LogP contribution in [-0.2, 0) is 11.3 Å². The van der Waals surface area contributed by atoms with Gasteiger partial charge in [0, 0.05) is 18.9 Å². The summed E-state index contributed by atoms with van der Waals surface area (Å²) in [6.07, 6.45) is 0.720. The Balaban J connectivity index is 2.56. The van der Waals surface area contributed by atoms with Crippen LogP contribution in [0.5, 0.6) is 0 Å². The number of hydrazine groups is 1. The van der Waals surface area contributed by atoms with Gasteiger partial charge in [-0.25, -0.2) is 4.68 Å². The van der Waals surface area contributed by atoms with Gasteiger partial charge in [-0.3, -0.25) is 25.2 Å². The molecule has 0 saturated carbocycles. The van der Waals surface area contributed by atoms with Crippen molar-refractivity contribution in [2.24, 2.45) is 0 Å². The van der Waals surface area contributed by atoms with Crippen LogP contribution in [0.3, 0.4) is 0 Å². The second-order valence-electron chi connectivity index (χ2n) is 4.56. The van der Waals surface area contributed by atoms with Crippen molar-refractivity contribution in [3.05, 3.63) is 40.3 Å². The fraction of sp³-hybridized carbons (Fsp3) is 0.286. The Kier molecular flexibility index (Phi) is 4.32. The third-order valence-corrected chi connectivity index (χ3v) is 2.87. The van der Waals surface area contributed by atoms with E-state index < -0.39 is 11.8 Å². The van der Waals surface area contributed by atoms with Gasteiger partial charge in [0.05, 0.1) is 5.39 Å². The van der Waals surface area contributed by atoms with Gasteiger partial charge in [0.1, 0.15) is 0 Å². The molecular weight excluding hydrogens is 272 g/mol. The molecule has 0 aliphatic carbocycles. The lowest BCUT2D eigenvalue weighted by molar-refractivity contribution is -0.119. The molecule has 2 rings (SSSR count). The van der Waals surface area contributed by atoms with Gasteiger partial charge in [-0.15, -0.1) is 0 Å². The summed E-state index contributed by atoms with van der Waals surface area (Å²) >= 11 is 0. The highest BCUT2D eigenvalue weighted by molar-refractivity contribution is 6.05. The Morgan fingerprint density at radius 2 is 1.86 bits per heavy atom. The molecule has 110 valence electrons. The Bertz CT molecular complexity index is 751. The monoisotopic (exact) mass is 288 g/mol. The van der Waals surface area contributed by atoms with E-state index in [1.165, 1.54) is 11.6 Å². The number of hydrogen-bond acceptors (Lipinski definition) is 4. The maximum absolute atomic E-state index is 12.3. The minimum absolute atomic E-state index is 0.104. The molecule has 0 atom stereocenters. The van der Waals surface area contributed by atoms with Crippen molar-refractivity contribution in [3.63, 3.8) is 0 Å². The molecule has 0 radical (unpaired) electrons. The molecule has 2 N–H and O–H groups in total. The van der Waals surface area contributed by atoms with Crippen LogP contribution in [-0.4, -0.2) is 21.6 Å². The van der Waals surface area contributed by atoms with E-state index in [1.807, 2.05) is 6.92 Å². The largest absolute Gasteiger partial charge is 0.290 e. The molecule has 7 heteroatoms. The number of carbonyl (C=O) groups is 2. The highest BCUT2D eigenvalue weighted by Gasteiger charge is 2.16. The molecule has 7 nitrogen and oxygen atoms in total. The molecule has 21 heavy (non-hydrogen) atoms. The van der Waals surface area contributed by atoms with Gasteiger partial charge in [-0.05, 0) is 12.5 Å². The van der Waals surface area contributed by atoms with Gasteiger partial charge in [-0.2, -0.15) is 5.10 Å². The molecule has 0 fully saturated rings. The first-order valence-electron chi connectivity index (χ1n) is 6.61. The maximum atomic E-state index is 12.3. The molecule has 0 spiro atoms. The van der Waals surface area contributed by atoms with E-state index in [2.05, 4.69) is 16.0 Å². The van der Waals surface area contributed by atoms with Crippen LogP contribution in [0.4, 0.5) is 0 Å². The van der Waals surface area contributed by atoms with Crippen molar-refractivity contribution in [3.8, 4) is 0 Å². The molecule has 0 unspecified atom stereocenters. The lowest BCUT2D eigenvalue weighted by atomic mass is 10.1. The smallest absolute Gasteiger partial charge is 0.274 e. The zero-order valence-corrected chi connectivity index (χ0v) is 11.8. The van der Waals surface area contributed by atoms with Crippen molar-refractivity contribution in [1.29, 1.82) is 0 Å². The average molecular weight is 288 g/mol. The number of aryl methyl sites for hydroxylation is 1. The molecule has 0 bridgehead atoms. The molecule has 2 amide bonds. The summed E-state index contributed by atoms with van der Waals surface area (Å²) in [4.78, 5) is 35.3. The molecule has 0 aliphatic heterocycles. The Labute approximate surface area is 120 Å². The molecule has 2 aromatic rings. The van der Waals surface area contributed by atoms with E-state index in [1.54, 1.807) is 24.3 Å². The average Bonchev–Trinajstić information content (AvgIpc) is 2.48. The Hall–Kier alpha value is -2.70. The van der Waals surface area contributed by atoms with Crippen molar-refractivity contribution >= 4 is 22.6 Å². The SMILES string of the molecule is CCCn1nc(C(=O)NNC(C)=O)c2ccccc2c1=O. The first-order valence-corrected chi connectivity index (χ1v) is 6.61. The van der Waals surface area contributed by atoms with Gasteiger partial charge in [0.2, 0.25) is 5.91 Å². The van der Waals surface area contributed by atoms with Crippen LogP contribution >= 0.6 is 0 Å². The number of carbonyl (C=O) groups excluding carboxylic acids is 2. The standard InChI is InChI=1S/C14H16N4O3/c1-3-8-18-14(21)11-7-5-4-6-10(11)12(17-18)13(20)16-15-9(2)19/h4-7H,3,8H2,1-2H3,(H,15,19)(H,16,20). The van der Waals surface area contributed by atoms with Crippen molar-refractivity contribution in [2.45, 2.75) is 26.8 Å². The minimum Gasteiger partial charge on any atom is -0.274 e. The number of amides is 2. The lowest BCUT2D eigenvalue weighted by Gasteiger charge is -2.10. The zero-order chi connectivity index (χ0) is 15.4. The van der Waals surface area contributed by atoms with E-state index >= 15 is 0 Å². The first-order chi connectivity index (χ1) is 10.0.